The number of carbonyl (C=O) groups excluding carboxylic acids is 2. The maximum absolute atomic E-state index is 12.9. The van der Waals surface area contributed by atoms with Crippen molar-refractivity contribution in [1.29, 1.82) is 0 Å². The van der Waals surface area contributed by atoms with Crippen LogP contribution in [0.1, 0.15) is 26.3 Å². The molecule has 0 spiro atoms. The Morgan fingerprint density at radius 3 is 2.29 bits per heavy atom. The number of anilines is 2. The van der Waals surface area contributed by atoms with Crippen molar-refractivity contribution in [2.24, 2.45) is 0 Å². The highest BCUT2D eigenvalue weighted by molar-refractivity contribution is 7.93. The van der Waals surface area contributed by atoms with E-state index in [0.717, 1.165) is 0 Å². The van der Waals surface area contributed by atoms with Gasteiger partial charge >= 0.3 is 5.97 Å². The van der Waals surface area contributed by atoms with E-state index in [1.54, 1.807) is 67.6 Å². The first kappa shape index (κ1) is 20.6. The van der Waals surface area contributed by atoms with Gasteiger partial charge in [-0.3, -0.25) is 9.10 Å². The molecule has 0 saturated carbocycles. The number of esters is 1. The Morgan fingerprint density at radius 2 is 1.61 bits per heavy atom. The Morgan fingerprint density at radius 1 is 0.935 bits per heavy atom. The Hall–Kier alpha value is -3.65. The van der Waals surface area contributed by atoms with Crippen molar-refractivity contribution < 1.29 is 22.7 Å². The van der Waals surface area contributed by atoms with Gasteiger partial charge in [-0.05, 0) is 55.0 Å². The highest BCUT2D eigenvalue weighted by Crippen LogP contribution is 2.44. The predicted octanol–water partition coefficient (Wildman–Crippen LogP) is 3.84. The quantitative estimate of drug-likeness (QED) is 0.630. The van der Waals surface area contributed by atoms with Gasteiger partial charge in [0.25, 0.3) is 15.9 Å². The van der Waals surface area contributed by atoms with E-state index in [1.165, 1.54) is 18.5 Å². The second-order valence-electron chi connectivity index (χ2n) is 7.18. The Kier molecular flexibility index (Phi) is 5.02. The van der Waals surface area contributed by atoms with Crippen molar-refractivity contribution in [2.45, 2.75) is 11.8 Å². The van der Waals surface area contributed by atoms with E-state index >= 15 is 0 Å². The first-order valence-electron chi connectivity index (χ1n) is 9.46. The van der Waals surface area contributed by atoms with Crippen molar-refractivity contribution in [3.63, 3.8) is 0 Å². The van der Waals surface area contributed by atoms with Crippen molar-refractivity contribution in [2.75, 3.05) is 23.8 Å². The van der Waals surface area contributed by atoms with Gasteiger partial charge in [0.15, 0.2) is 0 Å². The molecule has 3 aromatic carbocycles. The predicted molar refractivity (Wildman–Crippen MR) is 118 cm³/mol. The summed E-state index contributed by atoms with van der Waals surface area (Å²) < 4.78 is 31.7. The molecule has 158 valence electrons. The molecule has 1 N–H and O–H groups in total. The molecular formula is C23H20N2O5S. The molecule has 0 unspecified atom stereocenters. The summed E-state index contributed by atoms with van der Waals surface area (Å²) in [6.45, 7) is 1.78. The highest BCUT2D eigenvalue weighted by Gasteiger charge is 2.33. The van der Waals surface area contributed by atoms with Crippen LogP contribution in [0, 0.1) is 6.92 Å². The van der Waals surface area contributed by atoms with Gasteiger partial charge in [-0.2, -0.15) is 0 Å². The Labute approximate surface area is 180 Å². The van der Waals surface area contributed by atoms with Gasteiger partial charge in [-0.1, -0.05) is 18.2 Å². The fourth-order valence-corrected chi connectivity index (χ4v) is 5.21. The second-order valence-corrected chi connectivity index (χ2v) is 9.12. The zero-order chi connectivity index (χ0) is 22.3. The number of hydrogen-bond acceptors (Lipinski definition) is 5. The van der Waals surface area contributed by atoms with E-state index in [-0.39, 0.29) is 10.8 Å². The molecule has 0 aromatic heterocycles. The van der Waals surface area contributed by atoms with E-state index < -0.39 is 16.0 Å². The van der Waals surface area contributed by atoms with Gasteiger partial charge in [0.1, 0.15) is 0 Å². The monoisotopic (exact) mass is 436 g/mol. The fraction of sp³-hybridized carbons (Fsp3) is 0.130. The lowest BCUT2D eigenvalue weighted by atomic mass is 9.96. The molecule has 0 atom stereocenters. The Balaban J connectivity index is 1.72. The largest absolute Gasteiger partial charge is 0.465 e. The molecule has 1 amide bonds. The number of methoxy groups -OCH3 is 1. The number of ether oxygens (including phenoxy) is 1. The van der Waals surface area contributed by atoms with Gasteiger partial charge in [-0.25, -0.2) is 13.2 Å². The minimum absolute atomic E-state index is 0.209. The van der Waals surface area contributed by atoms with Crippen LogP contribution in [-0.4, -0.2) is 34.5 Å². The van der Waals surface area contributed by atoms with Gasteiger partial charge < -0.3 is 10.1 Å². The summed E-state index contributed by atoms with van der Waals surface area (Å²) in [5, 5.41) is 2.80. The van der Waals surface area contributed by atoms with Crippen LogP contribution in [-0.2, 0) is 14.8 Å². The molecule has 0 fully saturated rings. The SMILES string of the molecule is COC(=O)c1ccc(NC(=O)c2cc(C)c3c(c2)-c2ccccc2S(=O)(=O)N3C)cc1. The highest BCUT2D eigenvalue weighted by atomic mass is 32.2. The molecule has 0 saturated heterocycles. The summed E-state index contributed by atoms with van der Waals surface area (Å²) in [7, 11) is -0.840. The maximum Gasteiger partial charge on any atom is 0.337 e. The molecule has 31 heavy (non-hydrogen) atoms. The number of benzene rings is 3. The molecule has 7 nitrogen and oxygen atoms in total. The van der Waals surface area contributed by atoms with Crippen molar-refractivity contribution in [3.05, 3.63) is 77.4 Å². The lowest BCUT2D eigenvalue weighted by molar-refractivity contribution is 0.0600. The number of aryl methyl sites for hydroxylation is 1. The molecule has 0 radical (unpaired) electrons. The molecule has 0 aliphatic carbocycles. The summed E-state index contributed by atoms with van der Waals surface area (Å²) in [5.74, 6) is -0.800. The minimum Gasteiger partial charge on any atom is -0.465 e. The number of sulfonamides is 1. The van der Waals surface area contributed by atoms with Gasteiger partial charge in [0, 0.05) is 29.4 Å². The summed E-state index contributed by atoms with van der Waals surface area (Å²) in [6.07, 6.45) is 0. The van der Waals surface area contributed by atoms with Crippen molar-refractivity contribution in [1.82, 2.24) is 0 Å². The number of carbonyl (C=O) groups is 2. The first-order valence-corrected chi connectivity index (χ1v) is 10.9. The number of nitrogens with one attached hydrogen (secondary N) is 1. The number of amides is 1. The molecule has 1 aliphatic heterocycles. The average Bonchev–Trinajstić information content (AvgIpc) is 2.77. The fourth-order valence-electron chi connectivity index (χ4n) is 3.73. The van der Waals surface area contributed by atoms with Crippen molar-refractivity contribution in [3.8, 4) is 11.1 Å². The number of hydrogen-bond donors (Lipinski definition) is 1. The van der Waals surface area contributed by atoms with Gasteiger partial charge in [-0.15, -0.1) is 0 Å². The number of fused-ring (bicyclic) bond motifs is 3. The lowest BCUT2D eigenvalue weighted by Crippen LogP contribution is -2.31. The van der Waals surface area contributed by atoms with E-state index in [1.807, 2.05) is 0 Å². The molecule has 1 aliphatic rings. The molecular weight excluding hydrogens is 416 g/mol. The smallest absolute Gasteiger partial charge is 0.337 e. The second kappa shape index (κ2) is 7.55. The minimum atomic E-state index is -3.66. The van der Waals surface area contributed by atoms with E-state index in [2.05, 4.69) is 10.1 Å². The van der Waals surface area contributed by atoms with Crippen LogP contribution in [0.5, 0.6) is 0 Å². The summed E-state index contributed by atoms with van der Waals surface area (Å²) in [5.41, 5.74) is 3.77. The van der Waals surface area contributed by atoms with E-state index in [0.29, 0.717) is 39.2 Å². The normalized spacial score (nSPS) is 13.7. The van der Waals surface area contributed by atoms with Crippen LogP contribution in [0.2, 0.25) is 0 Å². The van der Waals surface area contributed by atoms with Crippen LogP contribution < -0.4 is 9.62 Å². The number of nitrogens with zero attached hydrogens (tertiary/aromatic N) is 1. The summed E-state index contributed by atoms with van der Waals surface area (Å²) in [4.78, 5) is 24.7. The van der Waals surface area contributed by atoms with E-state index in [4.69, 9.17) is 0 Å². The molecule has 3 aromatic rings. The zero-order valence-electron chi connectivity index (χ0n) is 17.2. The molecule has 8 heteroatoms. The number of rotatable bonds is 3. The average molecular weight is 436 g/mol. The van der Waals surface area contributed by atoms with Crippen LogP contribution in [0.4, 0.5) is 11.4 Å². The molecule has 1 heterocycles. The van der Waals surface area contributed by atoms with Gasteiger partial charge in [0.05, 0.1) is 23.3 Å². The third-order valence-electron chi connectivity index (χ3n) is 5.26. The summed E-state index contributed by atoms with van der Waals surface area (Å²) >= 11 is 0. The first-order chi connectivity index (χ1) is 14.7. The van der Waals surface area contributed by atoms with Crippen LogP contribution in [0.25, 0.3) is 11.1 Å². The molecule has 0 bridgehead atoms. The van der Waals surface area contributed by atoms with Crippen molar-refractivity contribution >= 4 is 33.3 Å². The lowest BCUT2D eigenvalue weighted by Gasteiger charge is -2.31. The standard InChI is InChI=1S/C23H20N2O5S/c1-14-12-16(22(26)24-17-10-8-15(9-11-17)23(27)30-3)13-19-18-6-4-5-7-20(18)31(28,29)25(2)21(14)19/h4-13H,1-3H3,(H,24,26). The van der Waals surface area contributed by atoms with Crippen LogP contribution in [0.15, 0.2) is 65.6 Å². The summed E-state index contributed by atoms with van der Waals surface area (Å²) in [6, 6.07) is 16.5. The third kappa shape index (κ3) is 3.44. The maximum atomic E-state index is 12.9. The zero-order valence-corrected chi connectivity index (χ0v) is 18.0. The topological polar surface area (TPSA) is 92.8 Å². The van der Waals surface area contributed by atoms with Crippen LogP contribution >= 0.6 is 0 Å². The van der Waals surface area contributed by atoms with Gasteiger partial charge in [0.2, 0.25) is 0 Å². The van der Waals surface area contributed by atoms with E-state index in [9.17, 15) is 18.0 Å². The third-order valence-corrected chi connectivity index (χ3v) is 7.07. The molecule has 4 rings (SSSR count). The van der Waals surface area contributed by atoms with Crippen LogP contribution in [0.3, 0.4) is 0 Å². The Bertz CT molecular complexity index is 1310.